The molecule has 1 amide bonds. The van der Waals surface area contributed by atoms with Gasteiger partial charge in [0.2, 0.25) is 0 Å². The summed E-state index contributed by atoms with van der Waals surface area (Å²) in [5.41, 5.74) is 0. The molecule has 0 spiro atoms. The number of carbonyl (C=O) groups excluding carboxylic acids is 3. The van der Waals surface area contributed by atoms with Crippen molar-refractivity contribution in [3.63, 3.8) is 0 Å². The van der Waals surface area contributed by atoms with Gasteiger partial charge in [-0.15, -0.1) is 0 Å². The molecule has 0 aromatic rings. The van der Waals surface area contributed by atoms with Gasteiger partial charge in [0.15, 0.2) is 0 Å². The van der Waals surface area contributed by atoms with E-state index in [-0.39, 0.29) is 17.2 Å². The Balaban J connectivity index is 4.18. The van der Waals surface area contributed by atoms with Crippen LogP contribution in [0.3, 0.4) is 0 Å². The molecule has 0 heterocycles. The van der Waals surface area contributed by atoms with Crippen molar-refractivity contribution in [2.45, 2.75) is 142 Å². The van der Waals surface area contributed by atoms with Crippen LogP contribution in [-0.4, -0.2) is 79.2 Å². The van der Waals surface area contributed by atoms with Gasteiger partial charge in [0, 0.05) is 37.7 Å². The van der Waals surface area contributed by atoms with Crippen LogP contribution in [-0.2, 0) is 19.1 Å². The number of esters is 2. The molecule has 8 heteroatoms. The minimum atomic E-state index is -0.123. The van der Waals surface area contributed by atoms with E-state index in [0.717, 1.165) is 95.9 Å². The van der Waals surface area contributed by atoms with Crippen LogP contribution in [0.25, 0.3) is 0 Å². The molecule has 256 valence electrons. The molecule has 0 bridgehead atoms. The molecule has 0 radical (unpaired) electrons. The Morgan fingerprint density at radius 2 is 1.16 bits per heavy atom. The van der Waals surface area contributed by atoms with E-state index in [0.29, 0.717) is 32.1 Å². The SMILES string of the molecule is CC/C=C\COC(=O)CCCCCCCN(CCCCCCCC(=O)OC/C=C\CCCCCC)C(=O)SC[C@@H](C)N(C)C. The number of thioether (sulfide) groups is 1. The monoisotopic (exact) mass is 638 g/mol. The molecule has 0 saturated carbocycles. The van der Waals surface area contributed by atoms with Crippen molar-refractivity contribution in [2.75, 3.05) is 46.2 Å². The molecule has 0 saturated heterocycles. The maximum absolute atomic E-state index is 13.0. The summed E-state index contributed by atoms with van der Waals surface area (Å²) in [6, 6.07) is 0.346. The zero-order valence-electron chi connectivity index (χ0n) is 29.0. The van der Waals surface area contributed by atoms with Crippen LogP contribution in [0.1, 0.15) is 136 Å². The highest BCUT2D eigenvalue weighted by atomic mass is 32.2. The van der Waals surface area contributed by atoms with E-state index in [4.69, 9.17) is 9.47 Å². The molecule has 44 heavy (non-hydrogen) atoms. The van der Waals surface area contributed by atoms with Crippen molar-refractivity contribution in [2.24, 2.45) is 0 Å². The topological polar surface area (TPSA) is 76.1 Å². The van der Waals surface area contributed by atoms with E-state index in [2.05, 4.69) is 31.7 Å². The quantitative estimate of drug-likeness (QED) is 0.0459. The summed E-state index contributed by atoms with van der Waals surface area (Å²) in [5.74, 6) is 0.557. The van der Waals surface area contributed by atoms with Crippen LogP contribution < -0.4 is 0 Å². The second-order valence-corrected chi connectivity index (χ2v) is 12.9. The van der Waals surface area contributed by atoms with E-state index in [1.807, 2.05) is 37.2 Å². The van der Waals surface area contributed by atoms with E-state index in [1.165, 1.54) is 37.4 Å². The second-order valence-electron chi connectivity index (χ2n) is 12.0. The molecule has 0 aliphatic carbocycles. The number of hydrogen-bond donors (Lipinski definition) is 0. The van der Waals surface area contributed by atoms with Crippen LogP contribution in [0.5, 0.6) is 0 Å². The number of allylic oxidation sites excluding steroid dienone is 2. The Morgan fingerprint density at radius 3 is 1.68 bits per heavy atom. The Kier molecular flexibility index (Phi) is 29.9. The minimum absolute atomic E-state index is 0.110. The Bertz CT molecular complexity index is 772. The Hall–Kier alpha value is -1.80. The van der Waals surface area contributed by atoms with Gasteiger partial charge in [-0.05, 0) is 66.0 Å². The number of ether oxygens (including phenoxy) is 2. The molecular weight excluding hydrogens is 572 g/mol. The predicted molar refractivity (Wildman–Crippen MR) is 187 cm³/mol. The van der Waals surface area contributed by atoms with Crippen molar-refractivity contribution in [3.8, 4) is 0 Å². The molecule has 0 rings (SSSR count). The zero-order valence-corrected chi connectivity index (χ0v) is 29.8. The summed E-state index contributed by atoms with van der Waals surface area (Å²) in [5, 5.41) is 0.177. The summed E-state index contributed by atoms with van der Waals surface area (Å²) in [4.78, 5) is 40.9. The largest absolute Gasteiger partial charge is 0.461 e. The number of carbonyl (C=O) groups is 3. The molecule has 0 aromatic heterocycles. The summed E-state index contributed by atoms with van der Waals surface area (Å²) in [7, 11) is 4.09. The average molecular weight is 639 g/mol. The zero-order chi connectivity index (χ0) is 32.7. The highest BCUT2D eigenvalue weighted by molar-refractivity contribution is 8.13. The molecule has 0 unspecified atom stereocenters. The van der Waals surface area contributed by atoms with E-state index < -0.39 is 0 Å². The maximum atomic E-state index is 13.0. The fourth-order valence-electron chi connectivity index (χ4n) is 4.47. The third-order valence-electron chi connectivity index (χ3n) is 7.68. The molecule has 7 nitrogen and oxygen atoms in total. The Morgan fingerprint density at radius 1 is 0.659 bits per heavy atom. The van der Waals surface area contributed by atoms with Gasteiger partial charge in [0.05, 0.1) is 0 Å². The molecule has 0 aromatic carbocycles. The van der Waals surface area contributed by atoms with Crippen LogP contribution in [0.2, 0.25) is 0 Å². The number of amides is 1. The predicted octanol–water partition coefficient (Wildman–Crippen LogP) is 9.35. The highest BCUT2D eigenvalue weighted by Crippen LogP contribution is 2.16. The van der Waals surface area contributed by atoms with Gasteiger partial charge >= 0.3 is 11.9 Å². The van der Waals surface area contributed by atoms with Crippen LogP contribution in [0.4, 0.5) is 4.79 Å². The maximum Gasteiger partial charge on any atom is 0.306 e. The van der Waals surface area contributed by atoms with Crippen molar-refractivity contribution >= 4 is 28.9 Å². The van der Waals surface area contributed by atoms with Crippen molar-refractivity contribution in [1.29, 1.82) is 0 Å². The molecule has 0 N–H and O–H groups in total. The lowest BCUT2D eigenvalue weighted by atomic mass is 10.1. The summed E-state index contributed by atoms with van der Waals surface area (Å²) < 4.78 is 10.5. The van der Waals surface area contributed by atoms with Crippen LogP contribution >= 0.6 is 11.8 Å². The molecule has 0 fully saturated rings. The van der Waals surface area contributed by atoms with Gasteiger partial charge in [-0.25, -0.2) is 0 Å². The number of nitrogens with zero attached hydrogens (tertiary/aromatic N) is 2. The molecule has 0 aliphatic heterocycles. The molecule has 0 aliphatic rings. The second kappa shape index (κ2) is 31.2. The minimum Gasteiger partial charge on any atom is -0.461 e. The number of unbranched alkanes of at least 4 members (excludes halogenated alkanes) is 12. The fourth-order valence-corrected chi connectivity index (χ4v) is 5.51. The van der Waals surface area contributed by atoms with Gasteiger partial charge in [0.1, 0.15) is 13.2 Å². The first kappa shape index (κ1) is 42.2. The fraction of sp³-hybridized carbons (Fsp3) is 0.806. The third-order valence-corrected chi connectivity index (χ3v) is 8.83. The van der Waals surface area contributed by atoms with E-state index in [9.17, 15) is 14.4 Å². The van der Waals surface area contributed by atoms with E-state index in [1.54, 1.807) is 0 Å². The third kappa shape index (κ3) is 27.7. The normalized spacial score (nSPS) is 12.3. The van der Waals surface area contributed by atoms with Gasteiger partial charge in [-0.3, -0.25) is 14.4 Å². The van der Waals surface area contributed by atoms with Crippen molar-refractivity contribution in [1.82, 2.24) is 9.80 Å². The number of rotatable bonds is 29. The highest BCUT2D eigenvalue weighted by Gasteiger charge is 2.16. The van der Waals surface area contributed by atoms with Crippen molar-refractivity contribution in [3.05, 3.63) is 24.3 Å². The smallest absolute Gasteiger partial charge is 0.306 e. The van der Waals surface area contributed by atoms with Crippen LogP contribution in [0.15, 0.2) is 24.3 Å². The van der Waals surface area contributed by atoms with Gasteiger partial charge in [-0.1, -0.05) is 108 Å². The lowest BCUT2D eigenvalue weighted by Gasteiger charge is -2.24. The summed E-state index contributed by atoms with van der Waals surface area (Å²) in [6.45, 7) is 8.73. The molecular formula is C36H66N2O5S. The van der Waals surface area contributed by atoms with Gasteiger partial charge in [0.25, 0.3) is 5.24 Å². The summed E-state index contributed by atoms with van der Waals surface area (Å²) in [6.07, 6.45) is 25.9. The lowest BCUT2D eigenvalue weighted by molar-refractivity contribution is -0.143. The van der Waals surface area contributed by atoms with Crippen LogP contribution in [0, 0.1) is 0 Å². The van der Waals surface area contributed by atoms with Gasteiger partial charge < -0.3 is 19.3 Å². The summed E-state index contributed by atoms with van der Waals surface area (Å²) >= 11 is 1.43. The van der Waals surface area contributed by atoms with E-state index >= 15 is 0 Å². The average Bonchev–Trinajstić information content (AvgIpc) is 3.00. The standard InChI is InChI=1S/C36H66N2O5S/c1-6-8-10-11-12-19-25-31-43-35(40)27-21-16-14-18-23-29-38(36(41)44-32-33(3)37(4)5)28-22-17-13-15-20-26-34(39)42-30-24-9-7-2/h9,19,24-25,33H,6-8,10-18,20-23,26-32H2,1-5H3/b24-9-,25-19-/t33-/m1/s1. The first-order valence-electron chi connectivity index (χ1n) is 17.5. The number of hydrogen-bond acceptors (Lipinski definition) is 7. The first-order valence-corrected chi connectivity index (χ1v) is 18.5. The lowest BCUT2D eigenvalue weighted by Crippen LogP contribution is -2.32. The Labute approximate surface area is 274 Å². The molecule has 1 atom stereocenters. The van der Waals surface area contributed by atoms with Crippen molar-refractivity contribution < 1.29 is 23.9 Å². The van der Waals surface area contributed by atoms with Gasteiger partial charge in [-0.2, -0.15) is 0 Å². The first-order chi connectivity index (χ1) is 21.3.